The number of esters is 1. The average Bonchev–Trinajstić information content (AvgIpc) is 2.88. The molecule has 1 aliphatic rings. The van der Waals surface area contributed by atoms with Crippen molar-refractivity contribution < 1.29 is 14.3 Å². The van der Waals surface area contributed by atoms with E-state index in [9.17, 15) is 4.79 Å². The van der Waals surface area contributed by atoms with Crippen molar-refractivity contribution in [3.05, 3.63) is 17.6 Å². The second kappa shape index (κ2) is 6.16. The first-order chi connectivity index (χ1) is 9.17. The largest absolute Gasteiger partial charge is 0.473 e. The topological polar surface area (TPSA) is 73.3 Å². The minimum atomic E-state index is -0.598. The SMILES string of the molecule is COC(=O)C#Cc1cc(OC2CCNC2)nc(C)n1. The molecule has 0 aromatic carbocycles. The fraction of sp³-hybridized carbons (Fsp3) is 0.462. The third-order valence-corrected chi connectivity index (χ3v) is 2.59. The Morgan fingerprint density at radius 3 is 3.05 bits per heavy atom. The summed E-state index contributed by atoms with van der Waals surface area (Å²) in [5.74, 6) is 5.39. The zero-order valence-electron chi connectivity index (χ0n) is 10.9. The van der Waals surface area contributed by atoms with Crippen molar-refractivity contribution in [1.82, 2.24) is 15.3 Å². The van der Waals surface area contributed by atoms with Gasteiger partial charge >= 0.3 is 5.97 Å². The number of methoxy groups -OCH3 is 1. The van der Waals surface area contributed by atoms with Gasteiger partial charge in [-0.1, -0.05) is 0 Å². The van der Waals surface area contributed by atoms with Gasteiger partial charge in [0, 0.05) is 18.5 Å². The van der Waals surface area contributed by atoms with Crippen LogP contribution in [0, 0.1) is 18.8 Å². The predicted molar refractivity (Wildman–Crippen MR) is 67.6 cm³/mol. The summed E-state index contributed by atoms with van der Waals surface area (Å²) >= 11 is 0. The van der Waals surface area contributed by atoms with E-state index < -0.39 is 5.97 Å². The molecule has 19 heavy (non-hydrogen) atoms. The van der Waals surface area contributed by atoms with Gasteiger partial charge in [0.1, 0.15) is 17.6 Å². The van der Waals surface area contributed by atoms with E-state index >= 15 is 0 Å². The summed E-state index contributed by atoms with van der Waals surface area (Å²) in [6.07, 6.45) is 1.07. The first-order valence-corrected chi connectivity index (χ1v) is 6.00. The van der Waals surface area contributed by atoms with Gasteiger partial charge < -0.3 is 14.8 Å². The zero-order valence-corrected chi connectivity index (χ0v) is 10.9. The summed E-state index contributed by atoms with van der Waals surface area (Å²) in [6.45, 7) is 3.51. The van der Waals surface area contributed by atoms with Crippen molar-refractivity contribution in [2.24, 2.45) is 0 Å². The lowest BCUT2D eigenvalue weighted by Gasteiger charge is -2.11. The minimum Gasteiger partial charge on any atom is -0.473 e. The maximum atomic E-state index is 11.0. The van der Waals surface area contributed by atoms with Crippen LogP contribution in [0.4, 0.5) is 0 Å². The molecular weight excluding hydrogens is 246 g/mol. The average molecular weight is 261 g/mol. The van der Waals surface area contributed by atoms with E-state index in [1.165, 1.54) is 7.11 Å². The zero-order chi connectivity index (χ0) is 13.7. The van der Waals surface area contributed by atoms with Crippen LogP contribution in [-0.4, -0.2) is 42.2 Å². The molecule has 0 saturated carbocycles. The van der Waals surface area contributed by atoms with Gasteiger partial charge in [-0.05, 0) is 25.8 Å². The molecule has 0 amide bonds. The summed E-state index contributed by atoms with van der Waals surface area (Å²) in [6, 6.07) is 1.63. The van der Waals surface area contributed by atoms with Crippen molar-refractivity contribution in [2.75, 3.05) is 20.2 Å². The van der Waals surface area contributed by atoms with E-state index in [2.05, 4.69) is 31.9 Å². The van der Waals surface area contributed by atoms with Crippen molar-refractivity contribution >= 4 is 5.97 Å². The molecule has 6 nitrogen and oxygen atoms in total. The van der Waals surface area contributed by atoms with Crippen molar-refractivity contribution in [3.8, 4) is 17.7 Å². The molecule has 0 aliphatic carbocycles. The molecule has 1 aromatic rings. The summed E-state index contributed by atoms with van der Waals surface area (Å²) in [5, 5.41) is 3.21. The Balaban J connectivity index is 2.13. The van der Waals surface area contributed by atoms with Gasteiger partial charge in [-0.3, -0.25) is 0 Å². The van der Waals surface area contributed by atoms with Gasteiger partial charge in [0.2, 0.25) is 5.88 Å². The molecule has 1 atom stereocenters. The number of hydrogen-bond donors (Lipinski definition) is 1. The Morgan fingerprint density at radius 2 is 2.37 bits per heavy atom. The van der Waals surface area contributed by atoms with E-state index in [-0.39, 0.29) is 6.10 Å². The normalized spacial score (nSPS) is 17.5. The molecule has 2 rings (SSSR count). The molecule has 0 spiro atoms. The monoisotopic (exact) mass is 261 g/mol. The number of carbonyl (C=O) groups is 1. The number of hydrogen-bond acceptors (Lipinski definition) is 6. The molecule has 1 aromatic heterocycles. The smallest absolute Gasteiger partial charge is 0.384 e. The van der Waals surface area contributed by atoms with Crippen molar-refractivity contribution in [3.63, 3.8) is 0 Å². The summed E-state index contributed by atoms with van der Waals surface area (Å²) < 4.78 is 10.2. The van der Waals surface area contributed by atoms with Crippen molar-refractivity contribution in [2.45, 2.75) is 19.4 Å². The Bertz CT molecular complexity index is 528. The van der Waals surface area contributed by atoms with E-state index in [0.29, 0.717) is 17.4 Å². The van der Waals surface area contributed by atoms with Crippen LogP contribution in [0.3, 0.4) is 0 Å². The fourth-order valence-electron chi connectivity index (χ4n) is 1.73. The lowest BCUT2D eigenvalue weighted by molar-refractivity contribution is -0.133. The number of nitrogens with one attached hydrogen (secondary N) is 1. The molecule has 1 fully saturated rings. The van der Waals surface area contributed by atoms with Gasteiger partial charge in [-0.25, -0.2) is 9.78 Å². The number of carbonyl (C=O) groups excluding carboxylic acids is 1. The fourth-order valence-corrected chi connectivity index (χ4v) is 1.73. The number of rotatable bonds is 2. The predicted octanol–water partition coefficient (Wildman–Crippen LogP) is 0.0502. The van der Waals surface area contributed by atoms with E-state index in [4.69, 9.17) is 4.74 Å². The van der Waals surface area contributed by atoms with Gasteiger partial charge in [0.15, 0.2) is 0 Å². The summed E-state index contributed by atoms with van der Waals surface area (Å²) in [7, 11) is 1.28. The Labute approximate surface area is 111 Å². The minimum absolute atomic E-state index is 0.121. The Kier molecular flexibility index (Phi) is 4.31. The van der Waals surface area contributed by atoms with Crippen LogP contribution >= 0.6 is 0 Å². The lowest BCUT2D eigenvalue weighted by atomic mass is 10.3. The highest BCUT2D eigenvalue weighted by Crippen LogP contribution is 2.13. The first kappa shape index (κ1) is 13.3. The number of nitrogens with zero attached hydrogens (tertiary/aromatic N) is 2. The molecule has 1 unspecified atom stereocenters. The second-order valence-electron chi connectivity index (χ2n) is 4.11. The van der Waals surface area contributed by atoms with E-state index in [1.807, 2.05) is 0 Å². The molecule has 2 heterocycles. The molecule has 1 N–H and O–H groups in total. The highest BCUT2D eigenvalue weighted by Gasteiger charge is 2.16. The second-order valence-corrected chi connectivity index (χ2v) is 4.11. The first-order valence-electron chi connectivity index (χ1n) is 6.00. The summed E-state index contributed by atoms with van der Waals surface area (Å²) in [4.78, 5) is 19.3. The highest BCUT2D eigenvalue weighted by atomic mass is 16.5. The van der Waals surface area contributed by atoms with Crippen LogP contribution in [0.25, 0.3) is 0 Å². The molecule has 100 valence electrons. The Hall–Kier alpha value is -2.13. The lowest BCUT2D eigenvalue weighted by Crippen LogP contribution is -2.20. The maximum absolute atomic E-state index is 11.0. The van der Waals surface area contributed by atoms with Crippen LogP contribution in [0.5, 0.6) is 5.88 Å². The molecular formula is C13H15N3O3. The van der Waals surface area contributed by atoms with Crippen LogP contribution in [-0.2, 0) is 9.53 Å². The van der Waals surface area contributed by atoms with Gasteiger partial charge in [-0.15, -0.1) is 0 Å². The van der Waals surface area contributed by atoms with E-state index in [1.54, 1.807) is 13.0 Å². The van der Waals surface area contributed by atoms with Gasteiger partial charge in [0.05, 0.1) is 7.11 Å². The maximum Gasteiger partial charge on any atom is 0.384 e. The number of aryl methyl sites for hydroxylation is 1. The van der Waals surface area contributed by atoms with Crippen LogP contribution in [0.2, 0.25) is 0 Å². The molecule has 1 aliphatic heterocycles. The number of ether oxygens (including phenoxy) is 2. The van der Waals surface area contributed by atoms with Crippen LogP contribution < -0.4 is 10.1 Å². The van der Waals surface area contributed by atoms with Gasteiger partial charge in [0.25, 0.3) is 0 Å². The molecule has 0 radical (unpaired) electrons. The molecule has 6 heteroatoms. The quantitative estimate of drug-likeness (QED) is 0.599. The highest BCUT2D eigenvalue weighted by molar-refractivity contribution is 5.88. The van der Waals surface area contributed by atoms with Crippen molar-refractivity contribution in [1.29, 1.82) is 0 Å². The summed E-state index contributed by atoms with van der Waals surface area (Å²) in [5.41, 5.74) is 0.443. The third kappa shape index (κ3) is 3.93. The number of aromatic nitrogens is 2. The molecule has 0 bridgehead atoms. The van der Waals surface area contributed by atoms with Crippen LogP contribution in [0.1, 0.15) is 17.9 Å². The molecule has 1 saturated heterocycles. The van der Waals surface area contributed by atoms with Crippen LogP contribution in [0.15, 0.2) is 6.07 Å². The Morgan fingerprint density at radius 1 is 1.53 bits per heavy atom. The van der Waals surface area contributed by atoms with Gasteiger partial charge in [-0.2, -0.15) is 4.98 Å². The van der Waals surface area contributed by atoms with E-state index in [0.717, 1.165) is 19.5 Å². The standard InChI is InChI=1S/C13H15N3O3/c1-9-15-10(3-4-13(17)18-2)7-12(16-9)19-11-5-6-14-8-11/h7,11,14H,5-6,8H2,1-2H3. The third-order valence-electron chi connectivity index (χ3n) is 2.59.